The average molecular weight is 286 g/mol. The molecule has 0 aliphatic carbocycles. The van der Waals surface area contributed by atoms with E-state index in [0.29, 0.717) is 19.6 Å². The van der Waals surface area contributed by atoms with Gasteiger partial charge < -0.3 is 14.2 Å². The molecule has 1 fully saturated rings. The molecule has 0 bridgehead atoms. The maximum Gasteiger partial charge on any atom is 0.242 e. The Morgan fingerprint density at radius 3 is 2.62 bits per heavy atom. The van der Waals surface area contributed by atoms with Crippen molar-refractivity contribution in [3.05, 3.63) is 36.0 Å². The second-order valence-electron chi connectivity index (χ2n) is 5.99. The molecule has 1 aliphatic rings. The highest BCUT2D eigenvalue weighted by Crippen LogP contribution is 2.20. The Morgan fingerprint density at radius 1 is 1.24 bits per heavy atom. The Labute approximate surface area is 125 Å². The van der Waals surface area contributed by atoms with Gasteiger partial charge in [0.1, 0.15) is 6.54 Å². The molecule has 1 amide bonds. The van der Waals surface area contributed by atoms with E-state index in [-0.39, 0.29) is 18.1 Å². The van der Waals surface area contributed by atoms with Crippen LogP contribution in [0.3, 0.4) is 0 Å². The minimum Gasteiger partial charge on any atom is -0.372 e. The van der Waals surface area contributed by atoms with Crippen LogP contribution in [-0.4, -0.2) is 40.7 Å². The van der Waals surface area contributed by atoms with E-state index in [2.05, 4.69) is 29.7 Å². The molecule has 1 aromatic carbocycles. The molecule has 2 aromatic rings. The number of ether oxygens (including phenoxy) is 1. The fourth-order valence-corrected chi connectivity index (χ4v) is 3.18. The van der Waals surface area contributed by atoms with Gasteiger partial charge in [0, 0.05) is 24.3 Å². The first-order chi connectivity index (χ1) is 10.0. The summed E-state index contributed by atoms with van der Waals surface area (Å²) in [6, 6.07) is 10.3. The van der Waals surface area contributed by atoms with Gasteiger partial charge in [-0.25, -0.2) is 0 Å². The number of fused-ring (bicyclic) bond motifs is 1. The van der Waals surface area contributed by atoms with Gasteiger partial charge in [-0.2, -0.15) is 0 Å². The monoisotopic (exact) mass is 286 g/mol. The molecule has 21 heavy (non-hydrogen) atoms. The Hall–Kier alpha value is -1.81. The van der Waals surface area contributed by atoms with Crippen LogP contribution in [0.1, 0.15) is 19.5 Å². The SMILES string of the molecule is Cc1cc2ccccc2n1CC(=O)N1CC(C)OC(C)C1. The van der Waals surface area contributed by atoms with Crippen molar-refractivity contribution in [3.8, 4) is 0 Å². The number of para-hydroxylation sites is 1. The van der Waals surface area contributed by atoms with E-state index in [1.54, 1.807) is 0 Å². The van der Waals surface area contributed by atoms with Crippen molar-refractivity contribution in [2.24, 2.45) is 0 Å². The van der Waals surface area contributed by atoms with Gasteiger partial charge in [0.2, 0.25) is 5.91 Å². The van der Waals surface area contributed by atoms with Crippen molar-refractivity contribution in [1.82, 2.24) is 9.47 Å². The van der Waals surface area contributed by atoms with E-state index >= 15 is 0 Å². The molecule has 0 N–H and O–H groups in total. The van der Waals surface area contributed by atoms with Gasteiger partial charge >= 0.3 is 0 Å². The number of amides is 1. The molecule has 1 saturated heterocycles. The highest BCUT2D eigenvalue weighted by atomic mass is 16.5. The molecule has 2 heterocycles. The summed E-state index contributed by atoms with van der Waals surface area (Å²) in [5, 5.41) is 1.19. The maximum absolute atomic E-state index is 12.6. The number of hydrogen-bond acceptors (Lipinski definition) is 2. The minimum atomic E-state index is 0.111. The zero-order valence-electron chi connectivity index (χ0n) is 12.9. The van der Waals surface area contributed by atoms with Gasteiger partial charge in [0.25, 0.3) is 0 Å². The Balaban J connectivity index is 1.81. The molecule has 0 radical (unpaired) electrons. The molecule has 1 aliphatic heterocycles. The lowest BCUT2D eigenvalue weighted by Crippen LogP contribution is -2.49. The smallest absolute Gasteiger partial charge is 0.242 e. The second kappa shape index (κ2) is 5.53. The number of rotatable bonds is 2. The summed E-state index contributed by atoms with van der Waals surface area (Å²) >= 11 is 0. The fourth-order valence-electron chi connectivity index (χ4n) is 3.18. The Kier molecular flexibility index (Phi) is 3.72. The van der Waals surface area contributed by atoms with Crippen LogP contribution in [-0.2, 0) is 16.1 Å². The number of benzene rings is 1. The van der Waals surface area contributed by atoms with E-state index < -0.39 is 0 Å². The van der Waals surface area contributed by atoms with E-state index in [1.165, 1.54) is 5.39 Å². The summed E-state index contributed by atoms with van der Waals surface area (Å²) < 4.78 is 7.79. The lowest BCUT2D eigenvalue weighted by Gasteiger charge is -2.35. The summed E-state index contributed by atoms with van der Waals surface area (Å²) in [6.45, 7) is 7.86. The Bertz CT molecular complexity index is 652. The van der Waals surface area contributed by atoms with Crippen molar-refractivity contribution in [2.75, 3.05) is 13.1 Å². The van der Waals surface area contributed by atoms with Gasteiger partial charge in [-0.05, 0) is 38.3 Å². The van der Waals surface area contributed by atoms with Crippen molar-refractivity contribution >= 4 is 16.8 Å². The van der Waals surface area contributed by atoms with Crippen molar-refractivity contribution in [1.29, 1.82) is 0 Å². The molecule has 3 rings (SSSR count). The predicted octanol–water partition coefficient (Wildman–Crippen LogP) is 2.59. The van der Waals surface area contributed by atoms with Crippen LogP contribution in [0.15, 0.2) is 30.3 Å². The molecule has 4 heteroatoms. The highest BCUT2D eigenvalue weighted by molar-refractivity contribution is 5.84. The second-order valence-corrected chi connectivity index (χ2v) is 5.99. The van der Waals surface area contributed by atoms with E-state index in [0.717, 1.165) is 11.2 Å². The minimum absolute atomic E-state index is 0.111. The van der Waals surface area contributed by atoms with Crippen LogP contribution in [0.2, 0.25) is 0 Å². The normalized spacial score (nSPS) is 22.7. The molecular weight excluding hydrogens is 264 g/mol. The summed E-state index contributed by atoms with van der Waals surface area (Å²) in [6.07, 6.45) is 0.223. The third-order valence-electron chi connectivity index (χ3n) is 4.08. The zero-order valence-corrected chi connectivity index (χ0v) is 12.9. The van der Waals surface area contributed by atoms with Crippen molar-refractivity contribution in [3.63, 3.8) is 0 Å². The summed E-state index contributed by atoms with van der Waals surface area (Å²) in [7, 11) is 0. The maximum atomic E-state index is 12.6. The van der Waals surface area contributed by atoms with Crippen LogP contribution in [0.5, 0.6) is 0 Å². The predicted molar refractivity (Wildman–Crippen MR) is 83.3 cm³/mol. The fraction of sp³-hybridized carbons (Fsp3) is 0.471. The third-order valence-corrected chi connectivity index (χ3v) is 4.08. The van der Waals surface area contributed by atoms with E-state index in [9.17, 15) is 4.79 Å². The molecule has 112 valence electrons. The van der Waals surface area contributed by atoms with Crippen LogP contribution >= 0.6 is 0 Å². The largest absolute Gasteiger partial charge is 0.372 e. The number of aryl methyl sites for hydroxylation is 1. The topological polar surface area (TPSA) is 34.5 Å². The number of carbonyl (C=O) groups is 1. The van der Waals surface area contributed by atoms with Gasteiger partial charge in [-0.15, -0.1) is 0 Å². The lowest BCUT2D eigenvalue weighted by molar-refractivity contribution is -0.143. The molecular formula is C17H22N2O2. The standard InChI is InChI=1S/C17H22N2O2/c1-12-8-15-6-4-5-7-16(15)19(12)11-17(20)18-9-13(2)21-14(3)10-18/h4-8,13-14H,9-11H2,1-3H3. The molecule has 0 spiro atoms. The quantitative estimate of drug-likeness (QED) is 0.850. The molecule has 2 unspecified atom stereocenters. The summed E-state index contributed by atoms with van der Waals surface area (Å²) in [5.74, 6) is 0.168. The summed E-state index contributed by atoms with van der Waals surface area (Å²) in [5.41, 5.74) is 2.25. The van der Waals surface area contributed by atoms with E-state index in [4.69, 9.17) is 4.74 Å². The number of morpholine rings is 1. The van der Waals surface area contributed by atoms with Crippen LogP contribution < -0.4 is 0 Å². The Morgan fingerprint density at radius 2 is 1.90 bits per heavy atom. The number of nitrogens with zero attached hydrogens (tertiary/aromatic N) is 2. The van der Waals surface area contributed by atoms with Gasteiger partial charge in [-0.1, -0.05) is 18.2 Å². The van der Waals surface area contributed by atoms with Crippen molar-refractivity contribution in [2.45, 2.75) is 39.5 Å². The number of carbonyl (C=O) groups excluding carboxylic acids is 1. The first kappa shape index (κ1) is 14.1. The van der Waals surface area contributed by atoms with Gasteiger partial charge in [0.15, 0.2) is 0 Å². The molecule has 0 saturated carbocycles. The van der Waals surface area contributed by atoms with Crippen LogP contribution in [0, 0.1) is 6.92 Å². The summed E-state index contributed by atoms with van der Waals surface area (Å²) in [4.78, 5) is 14.5. The molecule has 1 aromatic heterocycles. The lowest BCUT2D eigenvalue weighted by atomic mass is 10.2. The zero-order chi connectivity index (χ0) is 15.0. The first-order valence-electron chi connectivity index (χ1n) is 7.52. The highest BCUT2D eigenvalue weighted by Gasteiger charge is 2.26. The van der Waals surface area contributed by atoms with Crippen molar-refractivity contribution < 1.29 is 9.53 Å². The molecule has 4 nitrogen and oxygen atoms in total. The van der Waals surface area contributed by atoms with Gasteiger partial charge in [0.05, 0.1) is 12.2 Å². The number of hydrogen-bond donors (Lipinski definition) is 0. The van der Waals surface area contributed by atoms with Crippen LogP contribution in [0.25, 0.3) is 10.9 Å². The van der Waals surface area contributed by atoms with E-state index in [1.807, 2.05) is 30.9 Å². The first-order valence-corrected chi connectivity index (χ1v) is 7.52. The van der Waals surface area contributed by atoms with Crippen LogP contribution in [0.4, 0.5) is 0 Å². The van der Waals surface area contributed by atoms with Gasteiger partial charge in [-0.3, -0.25) is 4.79 Å². The average Bonchev–Trinajstić information content (AvgIpc) is 2.74. The third kappa shape index (κ3) is 2.81. The number of aromatic nitrogens is 1. The molecule has 2 atom stereocenters.